The van der Waals surface area contributed by atoms with Crippen molar-refractivity contribution < 1.29 is 24.0 Å². The molecule has 134 valence electrons. The quantitative estimate of drug-likeness (QED) is 0.745. The molecule has 0 spiro atoms. The number of para-hydroxylation sites is 2. The molecule has 1 aromatic rings. The Morgan fingerprint density at radius 2 is 1.96 bits per heavy atom. The molecule has 0 aromatic heterocycles. The number of nitrogens with zero attached hydrogens (tertiary/aromatic N) is 1. The zero-order chi connectivity index (χ0) is 18.0. The Hall–Kier alpha value is -2.41. The van der Waals surface area contributed by atoms with Crippen molar-refractivity contribution in [3.63, 3.8) is 0 Å². The fourth-order valence-corrected chi connectivity index (χ4v) is 3.66. The Balaban J connectivity index is 1.69. The minimum absolute atomic E-state index is 0.0399. The largest absolute Gasteiger partial charge is 0.469 e. The van der Waals surface area contributed by atoms with E-state index in [4.69, 9.17) is 4.74 Å². The molecule has 2 N–H and O–H groups in total. The zero-order valence-corrected chi connectivity index (χ0v) is 14.6. The van der Waals surface area contributed by atoms with Crippen LogP contribution in [0.4, 0.5) is 11.4 Å². The van der Waals surface area contributed by atoms with E-state index in [2.05, 4.69) is 5.32 Å². The average Bonchev–Trinajstić information content (AvgIpc) is 2.65. The number of benzene rings is 1. The number of nitrogens with one attached hydrogen (secondary N) is 2. The summed E-state index contributed by atoms with van der Waals surface area (Å²) in [7, 11) is 1.41. The molecule has 2 amide bonds. The summed E-state index contributed by atoms with van der Waals surface area (Å²) in [5, 5.41) is 2.80. The lowest BCUT2D eigenvalue weighted by molar-refractivity contribution is -0.919. The van der Waals surface area contributed by atoms with Crippen molar-refractivity contribution in [2.24, 2.45) is 5.92 Å². The number of likely N-dealkylation sites (tertiary alicyclic amines) is 1. The number of amides is 2. The molecule has 2 heterocycles. The van der Waals surface area contributed by atoms with Crippen LogP contribution in [-0.4, -0.2) is 50.6 Å². The second kappa shape index (κ2) is 7.23. The number of carbonyl (C=O) groups excluding carboxylic acids is 3. The number of esters is 1. The number of hydrogen-bond donors (Lipinski definition) is 2. The highest BCUT2D eigenvalue weighted by atomic mass is 16.5. The van der Waals surface area contributed by atoms with Crippen LogP contribution < -0.4 is 15.1 Å². The van der Waals surface area contributed by atoms with E-state index in [9.17, 15) is 14.4 Å². The lowest BCUT2D eigenvalue weighted by Gasteiger charge is -2.35. The molecular formula is C18H24N3O4+. The molecule has 7 heteroatoms. The predicted molar refractivity (Wildman–Crippen MR) is 92.3 cm³/mol. The standard InChI is InChI=1S/C18H23N3O4/c1-12(20-9-7-13(8-10-20)18(24)25-2)17(23)21-11-16(22)19-14-5-3-4-6-15(14)21/h3-6,12-13H,7-11H2,1-2H3,(H,19,22)/p+1/t12-/m1/s1. The van der Waals surface area contributed by atoms with E-state index in [1.54, 1.807) is 11.0 Å². The molecule has 0 aliphatic carbocycles. The molecule has 3 rings (SSSR count). The molecule has 0 radical (unpaired) electrons. The Morgan fingerprint density at radius 3 is 2.64 bits per heavy atom. The van der Waals surface area contributed by atoms with Crippen molar-refractivity contribution >= 4 is 29.2 Å². The molecule has 1 aromatic carbocycles. The van der Waals surface area contributed by atoms with Gasteiger partial charge in [0.05, 0.1) is 37.5 Å². The number of methoxy groups -OCH3 is 1. The van der Waals surface area contributed by atoms with E-state index in [0.29, 0.717) is 5.69 Å². The van der Waals surface area contributed by atoms with E-state index >= 15 is 0 Å². The summed E-state index contributed by atoms with van der Waals surface area (Å²) < 4.78 is 4.81. The zero-order valence-electron chi connectivity index (χ0n) is 14.6. The molecule has 25 heavy (non-hydrogen) atoms. The average molecular weight is 346 g/mol. The Bertz CT molecular complexity index is 683. The molecule has 1 atom stereocenters. The van der Waals surface area contributed by atoms with Gasteiger partial charge in [0.25, 0.3) is 5.91 Å². The normalized spacial score (nSPS) is 24.1. The van der Waals surface area contributed by atoms with E-state index in [1.165, 1.54) is 7.11 Å². The van der Waals surface area contributed by atoms with E-state index < -0.39 is 0 Å². The second-order valence-corrected chi connectivity index (χ2v) is 6.67. The van der Waals surface area contributed by atoms with Gasteiger partial charge in [-0.1, -0.05) is 12.1 Å². The summed E-state index contributed by atoms with van der Waals surface area (Å²) in [4.78, 5) is 39.3. The Morgan fingerprint density at radius 1 is 1.28 bits per heavy atom. The molecule has 2 aliphatic rings. The molecule has 7 nitrogen and oxygen atoms in total. The van der Waals surface area contributed by atoms with Gasteiger partial charge in [0.1, 0.15) is 6.54 Å². The Kier molecular flexibility index (Phi) is 5.03. The molecule has 1 saturated heterocycles. The van der Waals surface area contributed by atoms with Crippen LogP contribution in [0.2, 0.25) is 0 Å². The minimum Gasteiger partial charge on any atom is -0.469 e. The first-order chi connectivity index (χ1) is 12.0. The first kappa shape index (κ1) is 17.4. The van der Waals surface area contributed by atoms with Gasteiger partial charge >= 0.3 is 5.97 Å². The number of rotatable bonds is 3. The van der Waals surface area contributed by atoms with Crippen LogP contribution in [-0.2, 0) is 19.1 Å². The van der Waals surface area contributed by atoms with Gasteiger partial charge in [0.15, 0.2) is 6.04 Å². The molecule has 0 saturated carbocycles. The van der Waals surface area contributed by atoms with Gasteiger partial charge in [-0.2, -0.15) is 0 Å². The summed E-state index contributed by atoms with van der Waals surface area (Å²) in [6.07, 6.45) is 1.44. The topological polar surface area (TPSA) is 80.2 Å². The summed E-state index contributed by atoms with van der Waals surface area (Å²) >= 11 is 0. The van der Waals surface area contributed by atoms with Gasteiger partial charge in [-0.25, -0.2) is 0 Å². The van der Waals surface area contributed by atoms with Gasteiger partial charge in [0.2, 0.25) is 5.91 Å². The van der Waals surface area contributed by atoms with Crippen molar-refractivity contribution in [2.45, 2.75) is 25.8 Å². The maximum Gasteiger partial charge on any atom is 0.309 e. The van der Waals surface area contributed by atoms with Crippen molar-refractivity contribution in [1.82, 2.24) is 0 Å². The number of quaternary nitrogens is 1. The monoisotopic (exact) mass is 346 g/mol. The van der Waals surface area contributed by atoms with Gasteiger partial charge in [-0.3, -0.25) is 19.3 Å². The van der Waals surface area contributed by atoms with Crippen molar-refractivity contribution in [3.8, 4) is 0 Å². The summed E-state index contributed by atoms with van der Waals surface area (Å²) in [6, 6.07) is 7.07. The highest BCUT2D eigenvalue weighted by Crippen LogP contribution is 2.29. The molecule has 0 unspecified atom stereocenters. The number of fused-ring (bicyclic) bond motifs is 1. The highest BCUT2D eigenvalue weighted by Gasteiger charge is 2.37. The van der Waals surface area contributed by atoms with Crippen LogP contribution >= 0.6 is 0 Å². The van der Waals surface area contributed by atoms with E-state index in [1.807, 2.05) is 25.1 Å². The number of carbonyl (C=O) groups is 3. The van der Waals surface area contributed by atoms with Crippen LogP contribution in [0.1, 0.15) is 19.8 Å². The third kappa shape index (κ3) is 3.51. The first-order valence-corrected chi connectivity index (χ1v) is 8.64. The van der Waals surface area contributed by atoms with Crippen molar-refractivity contribution in [3.05, 3.63) is 24.3 Å². The van der Waals surface area contributed by atoms with Crippen LogP contribution in [0.25, 0.3) is 0 Å². The minimum atomic E-state index is -0.266. The second-order valence-electron chi connectivity index (χ2n) is 6.67. The van der Waals surface area contributed by atoms with Gasteiger partial charge in [-0.15, -0.1) is 0 Å². The van der Waals surface area contributed by atoms with Crippen LogP contribution in [0.5, 0.6) is 0 Å². The lowest BCUT2D eigenvalue weighted by atomic mass is 9.96. The number of ether oxygens (including phenoxy) is 1. The van der Waals surface area contributed by atoms with Crippen LogP contribution in [0, 0.1) is 5.92 Å². The SMILES string of the molecule is COC(=O)C1CC[NH+]([C@H](C)C(=O)N2CC(=O)Nc3ccccc32)CC1. The van der Waals surface area contributed by atoms with Gasteiger partial charge in [-0.05, 0) is 19.1 Å². The van der Waals surface area contributed by atoms with Crippen LogP contribution in [0.15, 0.2) is 24.3 Å². The van der Waals surface area contributed by atoms with Gasteiger partial charge in [0, 0.05) is 12.8 Å². The van der Waals surface area contributed by atoms with E-state index in [-0.39, 0.29) is 36.3 Å². The summed E-state index contributed by atoms with van der Waals surface area (Å²) in [5.41, 5.74) is 1.40. The molecular weight excluding hydrogens is 322 g/mol. The first-order valence-electron chi connectivity index (χ1n) is 8.64. The maximum atomic E-state index is 13.0. The molecule has 1 fully saturated rings. The lowest BCUT2D eigenvalue weighted by Crippen LogP contribution is -3.17. The molecule has 2 aliphatic heterocycles. The third-order valence-electron chi connectivity index (χ3n) is 5.18. The fourth-order valence-electron chi connectivity index (χ4n) is 3.66. The molecule has 0 bridgehead atoms. The van der Waals surface area contributed by atoms with Crippen LogP contribution in [0.3, 0.4) is 0 Å². The summed E-state index contributed by atoms with van der Waals surface area (Å²) in [5.74, 6) is -0.482. The number of anilines is 2. The van der Waals surface area contributed by atoms with E-state index in [0.717, 1.165) is 36.5 Å². The summed E-state index contributed by atoms with van der Waals surface area (Å²) in [6.45, 7) is 3.42. The number of hydrogen-bond acceptors (Lipinski definition) is 4. The highest BCUT2D eigenvalue weighted by molar-refractivity contribution is 6.10. The number of piperidine rings is 1. The maximum absolute atomic E-state index is 13.0. The van der Waals surface area contributed by atoms with Gasteiger partial charge < -0.3 is 15.0 Å². The Labute approximate surface area is 146 Å². The predicted octanol–water partition coefficient (Wildman–Crippen LogP) is -0.172. The third-order valence-corrected chi connectivity index (χ3v) is 5.18. The van der Waals surface area contributed by atoms with Crippen molar-refractivity contribution in [2.75, 3.05) is 37.0 Å². The fraction of sp³-hybridized carbons (Fsp3) is 0.500. The van der Waals surface area contributed by atoms with Crippen molar-refractivity contribution in [1.29, 1.82) is 0 Å². The smallest absolute Gasteiger partial charge is 0.309 e.